The Balaban J connectivity index is 1.83. The molecule has 4 nitrogen and oxygen atoms in total. The Morgan fingerprint density at radius 1 is 1.65 bits per heavy atom. The van der Waals surface area contributed by atoms with Gasteiger partial charge in [0.2, 0.25) is 0 Å². The molecular formula is C11H12N2O2S2. The van der Waals surface area contributed by atoms with E-state index < -0.39 is 5.97 Å². The third-order valence-corrected chi connectivity index (χ3v) is 4.25. The molecule has 2 aromatic heterocycles. The van der Waals surface area contributed by atoms with Crippen molar-refractivity contribution >= 4 is 29.1 Å². The van der Waals surface area contributed by atoms with Crippen LogP contribution in [0, 0.1) is 0 Å². The van der Waals surface area contributed by atoms with Gasteiger partial charge < -0.3 is 5.11 Å². The fraction of sp³-hybridized carbons (Fsp3) is 0.273. The number of aryl methyl sites for hydroxylation is 2. The van der Waals surface area contributed by atoms with Gasteiger partial charge in [-0.05, 0) is 18.1 Å². The van der Waals surface area contributed by atoms with E-state index in [9.17, 15) is 4.79 Å². The van der Waals surface area contributed by atoms with E-state index in [4.69, 9.17) is 5.11 Å². The van der Waals surface area contributed by atoms with Gasteiger partial charge in [-0.2, -0.15) is 5.10 Å². The van der Waals surface area contributed by atoms with Crippen molar-refractivity contribution in [2.24, 2.45) is 7.05 Å². The zero-order chi connectivity index (χ0) is 12.3. The second kappa shape index (κ2) is 5.37. The number of carboxylic acids is 1. The van der Waals surface area contributed by atoms with Crippen molar-refractivity contribution < 1.29 is 9.90 Å². The lowest BCUT2D eigenvalue weighted by Gasteiger charge is -1.96. The fourth-order valence-corrected chi connectivity index (χ4v) is 3.27. The van der Waals surface area contributed by atoms with E-state index in [0.29, 0.717) is 4.88 Å². The van der Waals surface area contributed by atoms with Gasteiger partial charge in [0.25, 0.3) is 0 Å². The quantitative estimate of drug-likeness (QED) is 0.847. The summed E-state index contributed by atoms with van der Waals surface area (Å²) in [6.07, 6.45) is 4.80. The Hall–Kier alpha value is -1.27. The van der Waals surface area contributed by atoms with Gasteiger partial charge in [-0.3, -0.25) is 4.68 Å². The smallest absolute Gasteiger partial charge is 0.345 e. The lowest BCUT2D eigenvalue weighted by atomic mass is 10.3. The van der Waals surface area contributed by atoms with Crippen molar-refractivity contribution in [1.29, 1.82) is 0 Å². The van der Waals surface area contributed by atoms with Crippen molar-refractivity contribution in [1.82, 2.24) is 9.78 Å². The van der Waals surface area contributed by atoms with E-state index in [1.807, 2.05) is 24.8 Å². The van der Waals surface area contributed by atoms with Gasteiger partial charge in [-0.1, -0.05) is 0 Å². The van der Waals surface area contributed by atoms with E-state index in [-0.39, 0.29) is 0 Å². The monoisotopic (exact) mass is 268 g/mol. The molecule has 0 aliphatic rings. The molecule has 0 saturated carbocycles. The Bertz CT molecular complexity index is 519. The minimum atomic E-state index is -0.853. The first-order chi connectivity index (χ1) is 8.15. The average molecular weight is 268 g/mol. The van der Waals surface area contributed by atoms with Gasteiger partial charge in [0.05, 0.1) is 6.20 Å². The molecule has 0 amide bonds. The molecule has 2 aromatic rings. The third-order valence-electron chi connectivity index (χ3n) is 2.20. The number of aromatic carboxylic acids is 1. The second-order valence-electron chi connectivity index (χ2n) is 3.57. The standard InChI is InChI=1S/C11H12N2O2S2/c1-13-6-8(5-12-13)2-3-16-9-4-10(11(14)15)17-7-9/h4-7H,2-3H2,1H3,(H,14,15). The van der Waals surface area contributed by atoms with Crippen LogP contribution in [0.2, 0.25) is 0 Å². The molecular weight excluding hydrogens is 256 g/mol. The summed E-state index contributed by atoms with van der Waals surface area (Å²) < 4.78 is 1.78. The van der Waals surface area contributed by atoms with Gasteiger partial charge in [0.1, 0.15) is 4.88 Å². The highest BCUT2D eigenvalue weighted by Crippen LogP contribution is 2.25. The normalized spacial score (nSPS) is 10.6. The first-order valence-corrected chi connectivity index (χ1v) is 6.94. The van der Waals surface area contributed by atoms with Crippen molar-refractivity contribution in [3.63, 3.8) is 0 Å². The van der Waals surface area contributed by atoms with Gasteiger partial charge in [0, 0.05) is 29.3 Å². The Morgan fingerprint density at radius 2 is 2.47 bits per heavy atom. The Morgan fingerprint density at radius 3 is 3.06 bits per heavy atom. The predicted octanol–water partition coefficient (Wildman–Crippen LogP) is 2.51. The van der Waals surface area contributed by atoms with Crippen LogP contribution in [0.25, 0.3) is 0 Å². The van der Waals surface area contributed by atoms with E-state index >= 15 is 0 Å². The molecule has 6 heteroatoms. The topological polar surface area (TPSA) is 55.1 Å². The number of carbonyl (C=O) groups is 1. The van der Waals surface area contributed by atoms with Crippen molar-refractivity contribution in [3.8, 4) is 0 Å². The summed E-state index contributed by atoms with van der Waals surface area (Å²) in [6, 6.07) is 1.72. The first kappa shape index (κ1) is 12.2. The highest BCUT2D eigenvalue weighted by molar-refractivity contribution is 7.99. The predicted molar refractivity (Wildman–Crippen MR) is 68.9 cm³/mol. The summed E-state index contributed by atoms with van der Waals surface area (Å²) in [5.41, 5.74) is 1.20. The van der Waals surface area contributed by atoms with Crippen LogP contribution in [-0.2, 0) is 13.5 Å². The molecule has 0 fully saturated rings. The molecule has 0 aliphatic carbocycles. The SMILES string of the molecule is Cn1cc(CCSc2csc(C(=O)O)c2)cn1. The zero-order valence-corrected chi connectivity index (χ0v) is 10.9. The second-order valence-corrected chi connectivity index (χ2v) is 5.65. The summed E-state index contributed by atoms with van der Waals surface area (Å²) in [5, 5.41) is 14.8. The summed E-state index contributed by atoms with van der Waals surface area (Å²) in [4.78, 5) is 12.1. The molecule has 90 valence electrons. The molecule has 0 bridgehead atoms. The molecule has 0 radical (unpaired) electrons. The lowest BCUT2D eigenvalue weighted by molar-refractivity contribution is 0.0702. The van der Waals surface area contributed by atoms with Crippen LogP contribution in [0.3, 0.4) is 0 Å². The maximum atomic E-state index is 10.7. The molecule has 2 heterocycles. The Labute approximate surface area is 107 Å². The number of carboxylic acid groups (broad SMARTS) is 1. The summed E-state index contributed by atoms with van der Waals surface area (Å²) in [6.45, 7) is 0. The number of hydrogen-bond donors (Lipinski definition) is 1. The Kier molecular flexibility index (Phi) is 3.86. The van der Waals surface area contributed by atoms with Crippen LogP contribution in [0.1, 0.15) is 15.2 Å². The lowest BCUT2D eigenvalue weighted by Crippen LogP contribution is -1.90. The highest BCUT2D eigenvalue weighted by Gasteiger charge is 2.07. The third kappa shape index (κ3) is 3.34. The molecule has 0 spiro atoms. The van der Waals surface area contributed by atoms with Gasteiger partial charge in [-0.15, -0.1) is 23.1 Å². The molecule has 0 atom stereocenters. The highest BCUT2D eigenvalue weighted by atomic mass is 32.2. The van der Waals surface area contributed by atoms with Crippen LogP contribution in [0.5, 0.6) is 0 Å². The van der Waals surface area contributed by atoms with Gasteiger partial charge in [0.15, 0.2) is 0 Å². The molecule has 0 unspecified atom stereocenters. The van der Waals surface area contributed by atoms with Gasteiger partial charge >= 0.3 is 5.97 Å². The molecule has 0 aromatic carbocycles. The van der Waals surface area contributed by atoms with Crippen molar-refractivity contribution in [2.45, 2.75) is 11.3 Å². The largest absolute Gasteiger partial charge is 0.477 e. The minimum Gasteiger partial charge on any atom is -0.477 e. The van der Waals surface area contributed by atoms with E-state index in [2.05, 4.69) is 5.10 Å². The van der Waals surface area contributed by atoms with Crippen molar-refractivity contribution in [3.05, 3.63) is 34.3 Å². The molecule has 0 saturated heterocycles. The molecule has 17 heavy (non-hydrogen) atoms. The first-order valence-electron chi connectivity index (χ1n) is 5.07. The number of rotatable bonds is 5. The summed E-state index contributed by atoms with van der Waals surface area (Å²) >= 11 is 2.94. The zero-order valence-electron chi connectivity index (χ0n) is 9.29. The van der Waals surface area contributed by atoms with Crippen LogP contribution in [0.4, 0.5) is 0 Å². The van der Waals surface area contributed by atoms with Crippen molar-refractivity contribution in [2.75, 3.05) is 5.75 Å². The van der Waals surface area contributed by atoms with E-state index in [0.717, 1.165) is 17.1 Å². The van der Waals surface area contributed by atoms with E-state index in [1.54, 1.807) is 22.5 Å². The van der Waals surface area contributed by atoms with Crippen LogP contribution >= 0.6 is 23.1 Å². The molecule has 0 aliphatic heterocycles. The average Bonchev–Trinajstić information content (AvgIpc) is 2.88. The maximum Gasteiger partial charge on any atom is 0.345 e. The molecule has 1 N–H and O–H groups in total. The van der Waals surface area contributed by atoms with Crippen LogP contribution in [0.15, 0.2) is 28.7 Å². The maximum absolute atomic E-state index is 10.7. The number of nitrogens with zero attached hydrogens (tertiary/aromatic N) is 2. The molecule has 2 rings (SSSR count). The summed E-state index contributed by atoms with van der Waals surface area (Å²) in [7, 11) is 1.90. The van der Waals surface area contributed by atoms with E-state index in [1.165, 1.54) is 16.9 Å². The minimum absolute atomic E-state index is 0.397. The summed E-state index contributed by atoms with van der Waals surface area (Å²) in [5.74, 6) is 0.0794. The number of thioether (sulfide) groups is 1. The van der Waals surface area contributed by atoms with Crippen LogP contribution < -0.4 is 0 Å². The number of hydrogen-bond acceptors (Lipinski definition) is 4. The van der Waals surface area contributed by atoms with Gasteiger partial charge in [-0.25, -0.2) is 4.79 Å². The number of aromatic nitrogens is 2. The fourth-order valence-electron chi connectivity index (χ4n) is 1.39. The van der Waals surface area contributed by atoms with Crippen LogP contribution in [-0.4, -0.2) is 26.6 Å². The number of thiophene rings is 1.